The highest BCUT2D eigenvalue weighted by molar-refractivity contribution is 5.86. The van der Waals surface area contributed by atoms with Gasteiger partial charge in [-0.25, -0.2) is 0 Å². The fourth-order valence-corrected chi connectivity index (χ4v) is 1.64. The van der Waals surface area contributed by atoms with Crippen LogP contribution in [0.2, 0.25) is 0 Å². The largest absolute Gasteiger partial charge is 0.382 e. The van der Waals surface area contributed by atoms with Gasteiger partial charge in [-0.05, 0) is 11.1 Å². The molecule has 0 unspecified atom stereocenters. The van der Waals surface area contributed by atoms with Gasteiger partial charge in [-0.1, -0.05) is 29.4 Å². The van der Waals surface area contributed by atoms with Crippen LogP contribution in [-0.2, 0) is 20.9 Å². The zero-order valence-corrected chi connectivity index (χ0v) is 11.9. The smallest absolute Gasteiger partial charge is 0.245 e. The van der Waals surface area contributed by atoms with E-state index in [-0.39, 0.29) is 18.4 Å². The third-order valence-electron chi connectivity index (χ3n) is 2.59. The van der Waals surface area contributed by atoms with Gasteiger partial charge in [0.15, 0.2) is 0 Å². The number of amides is 2. The normalized spacial score (nSPS) is 11.1. The second-order valence-electron chi connectivity index (χ2n) is 4.28. The standard InChI is InChI=1S/C13H17N5O3/c1-9(19)16-12(8-21-2)13(20)15-7-10-3-5-11(6-4-10)17-18-14/h3-6,12H,7-8H2,1-2H3,(H,15,20)(H,16,19)/t12-/m0/s1. The number of hydrogen-bond acceptors (Lipinski definition) is 4. The molecule has 0 aliphatic heterocycles. The van der Waals surface area contributed by atoms with Crippen molar-refractivity contribution in [2.45, 2.75) is 19.5 Å². The average Bonchev–Trinajstić information content (AvgIpc) is 2.45. The Kier molecular flexibility index (Phi) is 6.73. The molecule has 0 aliphatic carbocycles. The van der Waals surface area contributed by atoms with Crippen molar-refractivity contribution in [3.8, 4) is 0 Å². The summed E-state index contributed by atoms with van der Waals surface area (Å²) in [6, 6.07) is 6.07. The second kappa shape index (κ2) is 8.57. The Hall–Kier alpha value is -2.57. The van der Waals surface area contributed by atoms with E-state index in [4.69, 9.17) is 10.3 Å². The molecule has 0 fully saturated rings. The number of nitrogens with zero attached hydrogens (tertiary/aromatic N) is 3. The first-order valence-corrected chi connectivity index (χ1v) is 6.24. The molecule has 0 spiro atoms. The molecule has 2 N–H and O–H groups in total. The highest BCUT2D eigenvalue weighted by atomic mass is 16.5. The minimum atomic E-state index is -0.727. The predicted octanol–water partition coefficient (Wildman–Crippen LogP) is 1.40. The number of carbonyl (C=O) groups is 2. The molecule has 0 aromatic heterocycles. The lowest BCUT2D eigenvalue weighted by atomic mass is 10.2. The summed E-state index contributed by atoms with van der Waals surface area (Å²) < 4.78 is 4.90. The molecule has 0 heterocycles. The summed E-state index contributed by atoms with van der Waals surface area (Å²) in [4.78, 5) is 25.6. The van der Waals surface area contributed by atoms with Crippen LogP contribution in [0.25, 0.3) is 10.4 Å². The number of hydrogen-bond donors (Lipinski definition) is 2. The van der Waals surface area contributed by atoms with Crippen LogP contribution < -0.4 is 10.6 Å². The topological polar surface area (TPSA) is 116 Å². The molecule has 0 aliphatic rings. The highest BCUT2D eigenvalue weighted by Crippen LogP contribution is 2.12. The number of benzene rings is 1. The summed E-state index contributed by atoms with van der Waals surface area (Å²) in [5.74, 6) is -0.628. The summed E-state index contributed by atoms with van der Waals surface area (Å²) in [5.41, 5.74) is 9.65. The average molecular weight is 291 g/mol. The fraction of sp³-hybridized carbons (Fsp3) is 0.385. The Morgan fingerprint density at radius 1 is 1.38 bits per heavy atom. The van der Waals surface area contributed by atoms with E-state index in [1.54, 1.807) is 24.3 Å². The summed E-state index contributed by atoms with van der Waals surface area (Å²) >= 11 is 0. The lowest BCUT2D eigenvalue weighted by Gasteiger charge is -2.16. The second-order valence-corrected chi connectivity index (χ2v) is 4.28. The van der Waals surface area contributed by atoms with Crippen LogP contribution in [0.4, 0.5) is 5.69 Å². The number of ether oxygens (including phenoxy) is 1. The molecular formula is C13H17N5O3. The van der Waals surface area contributed by atoms with Crippen LogP contribution in [0.5, 0.6) is 0 Å². The van der Waals surface area contributed by atoms with Gasteiger partial charge < -0.3 is 15.4 Å². The number of rotatable bonds is 7. The van der Waals surface area contributed by atoms with E-state index in [0.717, 1.165) is 5.56 Å². The molecule has 1 rings (SSSR count). The van der Waals surface area contributed by atoms with Gasteiger partial charge in [0.1, 0.15) is 6.04 Å². The number of azide groups is 1. The van der Waals surface area contributed by atoms with E-state index < -0.39 is 6.04 Å². The third kappa shape index (κ3) is 5.94. The summed E-state index contributed by atoms with van der Waals surface area (Å²) in [7, 11) is 1.45. The van der Waals surface area contributed by atoms with Crippen molar-refractivity contribution < 1.29 is 14.3 Å². The fourth-order valence-electron chi connectivity index (χ4n) is 1.64. The molecule has 8 nitrogen and oxygen atoms in total. The molecule has 8 heteroatoms. The molecule has 0 saturated heterocycles. The molecule has 2 amide bonds. The van der Waals surface area contributed by atoms with Gasteiger partial charge in [-0.3, -0.25) is 9.59 Å². The molecule has 1 aromatic carbocycles. The van der Waals surface area contributed by atoms with Crippen LogP contribution in [0.1, 0.15) is 12.5 Å². The van der Waals surface area contributed by atoms with Gasteiger partial charge in [0.05, 0.1) is 6.61 Å². The molecular weight excluding hydrogens is 274 g/mol. The van der Waals surface area contributed by atoms with Gasteiger partial charge in [0.25, 0.3) is 0 Å². The van der Waals surface area contributed by atoms with E-state index >= 15 is 0 Å². The first kappa shape index (κ1) is 16.5. The maximum Gasteiger partial charge on any atom is 0.245 e. The maximum absolute atomic E-state index is 11.9. The van der Waals surface area contributed by atoms with Crippen LogP contribution in [-0.4, -0.2) is 31.6 Å². The summed E-state index contributed by atoms with van der Waals surface area (Å²) in [6.07, 6.45) is 0. The van der Waals surface area contributed by atoms with E-state index in [2.05, 4.69) is 20.7 Å². The zero-order chi connectivity index (χ0) is 15.7. The summed E-state index contributed by atoms with van der Waals surface area (Å²) in [5, 5.41) is 8.67. The van der Waals surface area contributed by atoms with E-state index in [9.17, 15) is 9.59 Å². The molecule has 0 bridgehead atoms. The lowest BCUT2D eigenvalue weighted by Crippen LogP contribution is -2.48. The van der Waals surface area contributed by atoms with Crippen LogP contribution in [0.3, 0.4) is 0 Å². The van der Waals surface area contributed by atoms with Crippen LogP contribution in [0, 0.1) is 0 Å². The van der Waals surface area contributed by atoms with E-state index in [0.29, 0.717) is 12.2 Å². The third-order valence-corrected chi connectivity index (χ3v) is 2.59. The van der Waals surface area contributed by atoms with Crippen molar-refractivity contribution in [3.63, 3.8) is 0 Å². The molecule has 0 saturated carbocycles. The number of methoxy groups -OCH3 is 1. The van der Waals surface area contributed by atoms with Gasteiger partial charge in [0.2, 0.25) is 11.8 Å². The van der Waals surface area contributed by atoms with Crippen LogP contribution >= 0.6 is 0 Å². The van der Waals surface area contributed by atoms with Gasteiger partial charge in [-0.15, -0.1) is 0 Å². The molecule has 0 radical (unpaired) electrons. The Morgan fingerprint density at radius 3 is 2.57 bits per heavy atom. The molecule has 1 aromatic rings. The van der Waals surface area contributed by atoms with Gasteiger partial charge in [-0.2, -0.15) is 0 Å². The minimum absolute atomic E-state index is 0.0984. The molecule has 112 valence electrons. The lowest BCUT2D eigenvalue weighted by molar-refractivity contribution is -0.129. The van der Waals surface area contributed by atoms with Crippen molar-refractivity contribution in [3.05, 3.63) is 40.3 Å². The Labute approximate surface area is 122 Å². The van der Waals surface area contributed by atoms with Crippen molar-refractivity contribution in [2.24, 2.45) is 5.11 Å². The van der Waals surface area contributed by atoms with E-state index in [1.807, 2.05) is 0 Å². The van der Waals surface area contributed by atoms with Crippen molar-refractivity contribution in [1.29, 1.82) is 0 Å². The van der Waals surface area contributed by atoms with Crippen molar-refractivity contribution in [1.82, 2.24) is 10.6 Å². The van der Waals surface area contributed by atoms with Gasteiger partial charge in [0, 0.05) is 31.2 Å². The van der Waals surface area contributed by atoms with E-state index in [1.165, 1.54) is 14.0 Å². The Balaban J connectivity index is 2.57. The monoisotopic (exact) mass is 291 g/mol. The number of carbonyl (C=O) groups excluding carboxylic acids is 2. The SMILES string of the molecule is COC[C@H](NC(C)=O)C(=O)NCc1ccc(N=[N+]=[N-])cc1. The molecule has 1 atom stereocenters. The first-order valence-electron chi connectivity index (χ1n) is 6.24. The van der Waals surface area contributed by atoms with Gasteiger partial charge >= 0.3 is 0 Å². The Bertz CT molecular complexity index is 537. The Morgan fingerprint density at radius 2 is 2.05 bits per heavy atom. The highest BCUT2D eigenvalue weighted by Gasteiger charge is 2.18. The summed E-state index contributed by atoms with van der Waals surface area (Å²) in [6.45, 7) is 1.74. The maximum atomic E-state index is 11.9. The minimum Gasteiger partial charge on any atom is -0.382 e. The molecule has 21 heavy (non-hydrogen) atoms. The zero-order valence-electron chi connectivity index (χ0n) is 11.9. The quantitative estimate of drug-likeness (QED) is 0.449. The number of nitrogens with one attached hydrogen (secondary N) is 2. The van der Waals surface area contributed by atoms with Crippen molar-refractivity contribution in [2.75, 3.05) is 13.7 Å². The van der Waals surface area contributed by atoms with Crippen LogP contribution in [0.15, 0.2) is 29.4 Å². The van der Waals surface area contributed by atoms with Crippen molar-refractivity contribution >= 4 is 17.5 Å². The first-order chi connectivity index (χ1) is 10.1. The predicted molar refractivity (Wildman–Crippen MR) is 76.6 cm³/mol.